The van der Waals surface area contributed by atoms with E-state index in [1.807, 2.05) is 18.7 Å². The van der Waals surface area contributed by atoms with E-state index in [1.165, 1.54) is 4.88 Å². The summed E-state index contributed by atoms with van der Waals surface area (Å²) < 4.78 is 0. The minimum Gasteiger partial charge on any atom is -0.368 e. The van der Waals surface area contributed by atoms with E-state index in [-0.39, 0.29) is 12.5 Å². The maximum absolute atomic E-state index is 11.3. The quantitative estimate of drug-likeness (QED) is 0.818. The van der Waals surface area contributed by atoms with Gasteiger partial charge < -0.3 is 16.0 Å². The average molecular weight is 307 g/mol. The molecule has 2 rings (SSSR count). The Hall–Kier alpha value is -1.89. The number of thiophene rings is 1. The number of primary amides is 1. The summed E-state index contributed by atoms with van der Waals surface area (Å²) in [5.41, 5.74) is 5.34. The Morgan fingerprint density at radius 2 is 2.19 bits per heavy atom. The fourth-order valence-corrected chi connectivity index (χ4v) is 2.98. The summed E-state index contributed by atoms with van der Waals surface area (Å²) in [5, 5.41) is 4.18. The van der Waals surface area contributed by atoms with Crippen LogP contribution in [0, 0.1) is 6.92 Å². The van der Waals surface area contributed by atoms with Crippen LogP contribution in [0.2, 0.25) is 0 Å². The van der Waals surface area contributed by atoms with Crippen LogP contribution in [-0.4, -0.2) is 35.5 Å². The van der Waals surface area contributed by atoms with Gasteiger partial charge in [-0.1, -0.05) is 6.92 Å². The first kappa shape index (κ1) is 15.5. The highest BCUT2D eigenvalue weighted by atomic mass is 32.1. The van der Waals surface area contributed by atoms with Crippen LogP contribution in [0.4, 0.5) is 11.8 Å². The molecule has 0 atom stereocenters. The van der Waals surface area contributed by atoms with Gasteiger partial charge in [0.25, 0.3) is 0 Å². The van der Waals surface area contributed by atoms with E-state index in [0.717, 1.165) is 29.0 Å². The van der Waals surface area contributed by atoms with Crippen molar-refractivity contribution in [3.8, 4) is 0 Å². The second kappa shape index (κ2) is 6.71. The lowest BCUT2D eigenvalue weighted by Gasteiger charge is -2.21. The summed E-state index contributed by atoms with van der Waals surface area (Å²) >= 11 is 1.63. The lowest BCUT2D eigenvalue weighted by Crippen LogP contribution is -2.34. The first-order valence-electron chi connectivity index (χ1n) is 7.10. The van der Waals surface area contributed by atoms with Crippen LogP contribution in [0.1, 0.15) is 25.1 Å². The number of rotatable bonds is 7. The van der Waals surface area contributed by atoms with E-state index >= 15 is 0 Å². The van der Waals surface area contributed by atoms with Gasteiger partial charge in [-0.3, -0.25) is 4.79 Å². The maximum atomic E-state index is 11.3. The molecule has 2 heterocycles. The average Bonchev–Trinajstić information content (AvgIpc) is 2.81. The molecular formula is C14H21N5OS. The molecule has 3 N–H and O–H groups in total. The Kier molecular flexibility index (Phi) is 4.95. The fraction of sp³-hybridized carbons (Fsp3) is 0.500. The van der Waals surface area contributed by atoms with Gasteiger partial charge in [-0.25, -0.2) is 4.98 Å². The Balaban J connectivity index is 2.49. The number of amides is 1. The molecular weight excluding hydrogens is 286 g/mol. The number of aromatic nitrogens is 2. The summed E-state index contributed by atoms with van der Waals surface area (Å²) in [6.45, 7) is 7.75. The van der Waals surface area contributed by atoms with Crippen molar-refractivity contribution in [3.63, 3.8) is 0 Å². The van der Waals surface area contributed by atoms with Gasteiger partial charge in [-0.2, -0.15) is 4.98 Å². The zero-order valence-corrected chi connectivity index (χ0v) is 13.5. The van der Waals surface area contributed by atoms with Gasteiger partial charge in [0, 0.05) is 18.0 Å². The molecule has 0 aliphatic carbocycles. The minimum absolute atomic E-state index is 0.157. The first-order valence-corrected chi connectivity index (χ1v) is 7.92. The first-order chi connectivity index (χ1) is 10.0. The predicted molar refractivity (Wildman–Crippen MR) is 88.0 cm³/mol. The third-order valence-electron chi connectivity index (χ3n) is 3.06. The molecule has 2 aromatic heterocycles. The third kappa shape index (κ3) is 3.60. The largest absolute Gasteiger partial charge is 0.368 e. The van der Waals surface area contributed by atoms with Crippen molar-refractivity contribution in [2.24, 2.45) is 5.73 Å². The Bertz CT molecular complexity index is 640. The SMILES string of the molecule is CCCNc1nc(N(CC)CC(N)=O)c2cc(C)sc2n1. The molecule has 21 heavy (non-hydrogen) atoms. The van der Waals surface area contributed by atoms with Crippen LogP contribution in [0.3, 0.4) is 0 Å². The zero-order valence-electron chi connectivity index (χ0n) is 12.6. The molecule has 0 fully saturated rings. The topological polar surface area (TPSA) is 84.1 Å². The van der Waals surface area contributed by atoms with Gasteiger partial charge in [-0.15, -0.1) is 11.3 Å². The highest BCUT2D eigenvalue weighted by molar-refractivity contribution is 7.18. The van der Waals surface area contributed by atoms with Crippen LogP contribution in [0.15, 0.2) is 6.07 Å². The highest BCUT2D eigenvalue weighted by Crippen LogP contribution is 2.31. The van der Waals surface area contributed by atoms with E-state index in [0.29, 0.717) is 12.5 Å². The van der Waals surface area contributed by atoms with E-state index in [4.69, 9.17) is 5.73 Å². The molecule has 1 amide bonds. The van der Waals surface area contributed by atoms with Crippen LogP contribution < -0.4 is 16.0 Å². The van der Waals surface area contributed by atoms with Gasteiger partial charge in [0.15, 0.2) is 0 Å². The zero-order chi connectivity index (χ0) is 15.4. The lowest BCUT2D eigenvalue weighted by atomic mass is 10.3. The number of nitrogens with one attached hydrogen (secondary N) is 1. The van der Waals surface area contributed by atoms with Crippen molar-refractivity contribution in [2.75, 3.05) is 29.9 Å². The number of hydrogen-bond acceptors (Lipinski definition) is 6. The summed E-state index contributed by atoms with van der Waals surface area (Å²) in [7, 11) is 0. The summed E-state index contributed by atoms with van der Waals surface area (Å²) in [5.74, 6) is 1.01. The second-order valence-corrected chi connectivity index (χ2v) is 6.09. The molecule has 7 heteroatoms. The fourth-order valence-electron chi connectivity index (χ4n) is 2.11. The van der Waals surface area contributed by atoms with Crippen molar-refractivity contribution in [1.82, 2.24) is 9.97 Å². The molecule has 0 radical (unpaired) electrons. The number of nitrogens with two attached hydrogens (primary N) is 1. The van der Waals surface area contributed by atoms with Gasteiger partial charge >= 0.3 is 0 Å². The van der Waals surface area contributed by atoms with E-state index in [9.17, 15) is 4.79 Å². The van der Waals surface area contributed by atoms with Crippen molar-refractivity contribution < 1.29 is 4.79 Å². The van der Waals surface area contributed by atoms with Crippen molar-refractivity contribution in [1.29, 1.82) is 0 Å². The summed E-state index contributed by atoms with van der Waals surface area (Å²) in [6, 6.07) is 2.06. The molecule has 0 aliphatic heterocycles. The normalized spacial score (nSPS) is 10.8. The van der Waals surface area contributed by atoms with Crippen molar-refractivity contribution in [3.05, 3.63) is 10.9 Å². The molecule has 0 aliphatic rings. The molecule has 0 saturated carbocycles. The number of aryl methyl sites for hydroxylation is 1. The molecule has 6 nitrogen and oxygen atoms in total. The van der Waals surface area contributed by atoms with Gasteiger partial charge in [0.1, 0.15) is 10.6 Å². The maximum Gasteiger partial charge on any atom is 0.236 e. The molecule has 2 aromatic rings. The van der Waals surface area contributed by atoms with Crippen LogP contribution in [-0.2, 0) is 4.79 Å². The number of fused-ring (bicyclic) bond motifs is 1. The van der Waals surface area contributed by atoms with Gasteiger partial charge in [0.2, 0.25) is 11.9 Å². The number of nitrogens with zero attached hydrogens (tertiary/aromatic N) is 3. The molecule has 0 saturated heterocycles. The Morgan fingerprint density at radius 1 is 1.43 bits per heavy atom. The van der Waals surface area contributed by atoms with Crippen LogP contribution >= 0.6 is 11.3 Å². The lowest BCUT2D eigenvalue weighted by molar-refractivity contribution is -0.116. The number of carbonyl (C=O) groups excluding carboxylic acids is 1. The monoisotopic (exact) mass is 307 g/mol. The molecule has 0 aromatic carbocycles. The second-order valence-electron chi connectivity index (χ2n) is 4.85. The van der Waals surface area contributed by atoms with E-state index < -0.39 is 0 Å². The van der Waals surface area contributed by atoms with Crippen LogP contribution in [0.25, 0.3) is 10.2 Å². The Morgan fingerprint density at radius 3 is 2.81 bits per heavy atom. The molecule has 0 unspecified atom stereocenters. The number of carbonyl (C=O) groups is 1. The summed E-state index contributed by atoms with van der Waals surface area (Å²) in [4.78, 5) is 24.4. The Labute approximate surface area is 128 Å². The predicted octanol–water partition coefficient (Wildman–Crippen LogP) is 2.13. The van der Waals surface area contributed by atoms with E-state index in [1.54, 1.807) is 11.3 Å². The molecule has 114 valence electrons. The molecule has 0 bridgehead atoms. The van der Waals surface area contributed by atoms with Gasteiger partial charge in [-0.05, 0) is 26.3 Å². The minimum atomic E-state index is -0.362. The van der Waals surface area contributed by atoms with E-state index in [2.05, 4.69) is 28.3 Å². The van der Waals surface area contributed by atoms with Crippen LogP contribution in [0.5, 0.6) is 0 Å². The highest BCUT2D eigenvalue weighted by Gasteiger charge is 2.16. The molecule has 0 spiro atoms. The smallest absolute Gasteiger partial charge is 0.236 e. The third-order valence-corrected chi connectivity index (χ3v) is 4.00. The number of hydrogen-bond donors (Lipinski definition) is 2. The van der Waals surface area contributed by atoms with Crippen molar-refractivity contribution >= 4 is 39.2 Å². The van der Waals surface area contributed by atoms with Gasteiger partial charge in [0.05, 0.1) is 11.9 Å². The standard InChI is InChI=1S/C14H21N5OS/c1-4-6-16-14-17-12(19(5-2)8-11(15)20)10-7-9(3)21-13(10)18-14/h7H,4-6,8H2,1-3H3,(H2,15,20)(H,16,17,18). The number of likely N-dealkylation sites (N-methyl/N-ethyl adjacent to an activating group) is 1. The summed E-state index contributed by atoms with van der Waals surface area (Å²) in [6.07, 6.45) is 0.999. The van der Waals surface area contributed by atoms with Crippen molar-refractivity contribution in [2.45, 2.75) is 27.2 Å². The number of anilines is 2.